The minimum Gasteiger partial charge on any atom is -0.495 e. The number of sulfonamides is 1. The molecule has 1 aliphatic rings. The molecular weight excluding hydrogens is 402 g/mol. The van der Waals surface area contributed by atoms with Crippen LogP contribution in [-0.4, -0.2) is 64.5 Å². The molecule has 0 saturated carbocycles. The van der Waals surface area contributed by atoms with E-state index in [-0.39, 0.29) is 16.6 Å². The third-order valence-corrected chi connectivity index (χ3v) is 6.70. The normalized spacial score (nSPS) is 14.5. The molecule has 0 aliphatic carbocycles. The lowest BCUT2D eigenvalue weighted by molar-refractivity contribution is 0.0782. The number of ether oxygens (including phenoxy) is 1. The van der Waals surface area contributed by atoms with Crippen molar-refractivity contribution in [2.75, 3.05) is 45.1 Å². The molecule has 30 heavy (non-hydrogen) atoms. The highest BCUT2D eigenvalue weighted by atomic mass is 32.2. The molecule has 1 fully saturated rings. The van der Waals surface area contributed by atoms with Gasteiger partial charge in [0.05, 0.1) is 7.11 Å². The molecule has 1 heterocycles. The van der Waals surface area contributed by atoms with Crippen LogP contribution in [0.15, 0.2) is 47.4 Å². The zero-order valence-electron chi connectivity index (χ0n) is 17.7. The Labute approximate surface area is 178 Å². The fourth-order valence-corrected chi connectivity index (χ4v) is 4.73. The molecule has 7 nitrogen and oxygen atoms in total. The summed E-state index contributed by atoms with van der Waals surface area (Å²) in [4.78, 5) is 16.8. The molecule has 8 heteroatoms. The van der Waals surface area contributed by atoms with Gasteiger partial charge in [0.25, 0.3) is 15.9 Å². The van der Waals surface area contributed by atoms with Gasteiger partial charge in [0.2, 0.25) is 0 Å². The van der Waals surface area contributed by atoms with Gasteiger partial charge in [0.1, 0.15) is 10.6 Å². The standard InChI is InChI=1S/C22H29N3O4S/c1-17-6-9-19(10-7-17)23-30(27,28)21-16-18(8-11-20(21)29-3)22(26)24(2)14-15-25-12-4-5-13-25/h6-11,16,23H,4-5,12-15H2,1-3H3. The van der Waals surface area contributed by atoms with Gasteiger partial charge in [-0.15, -0.1) is 0 Å². The highest BCUT2D eigenvalue weighted by molar-refractivity contribution is 7.92. The minimum absolute atomic E-state index is 0.0654. The number of hydrogen-bond donors (Lipinski definition) is 1. The number of aryl methyl sites for hydroxylation is 1. The van der Waals surface area contributed by atoms with Crippen molar-refractivity contribution in [3.63, 3.8) is 0 Å². The van der Waals surface area contributed by atoms with Gasteiger partial charge in [-0.05, 0) is 63.2 Å². The van der Waals surface area contributed by atoms with Crippen LogP contribution in [0.5, 0.6) is 5.75 Å². The zero-order valence-corrected chi connectivity index (χ0v) is 18.5. The van der Waals surface area contributed by atoms with Gasteiger partial charge in [-0.1, -0.05) is 17.7 Å². The largest absolute Gasteiger partial charge is 0.495 e. The molecule has 0 aromatic heterocycles. The molecule has 0 spiro atoms. The summed E-state index contributed by atoms with van der Waals surface area (Å²) in [7, 11) is -0.786. The Kier molecular flexibility index (Phi) is 6.99. The molecule has 0 atom stereocenters. The summed E-state index contributed by atoms with van der Waals surface area (Å²) in [6, 6.07) is 11.5. The lowest BCUT2D eigenvalue weighted by Crippen LogP contribution is -2.35. The topological polar surface area (TPSA) is 79.0 Å². The van der Waals surface area contributed by atoms with E-state index in [2.05, 4.69) is 9.62 Å². The summed E-state index contributed by atoms with van der Waals surface area (Å²) in [6.07, 6.45) is 2.40. The molecule has 3 rings (SSSR count). The number of benzene rings is 2. The first kappa shape index (κ1) is 22.1. The van der Waals surface area contributed by atoms with Gasteiger partial charge in [-0.2, -0.15) is 0 Å². The van der Waals surface area contributed by atoms with E-state index in [0.29, 0.717) is 17.8 Å². The van der Waals surface area contributed by atoms with Gasteiger partial charge in [-0.3, -0.25) is 9.52 Å². The van der Waals surface area contributed by atoms with Crippen LogP contribution in [0.2, 0.25) is 0 Å². The Balaban J connectivity index is 1.79. The average molecular weight is 432 g/mol. The fourth-order valence-electron chi connectivity index (χ4n) is 3.47. The molecule has 0 radical (unpaired) electrons. The number of methoxy groups -OCH3 is 1. The molecule has 2 aromatic rings. The highest BCUT2D eigenvalue weighted by Gasteiger charge is 2.23. The number of nitrogens with one attached hydrogen (secondary N) is 1. The maximum Gasteiger partial charge on any atom is 0.265 e. The van der Waals surface area contributed by atoms with Crippen LogP contribution in [0.1, 0.15) is 28.8 Å². The number of nitrogens with zero attached hydrogens (tertiary/aromatic N) is 2. The van der Waals surface area contributed by atoms with Gasteiger partial charge in [0, 0.05) is 31.4 Å². The number of anilines is 1. The van der Waals surface area contributed by atoms with Crippen LogP contribution in [0.3, 0.4) is 0 Å². The molecule has 0 unspecified atom stereocenters. The molecule has 0 bridgehead atoms. The lowest BCUT2D eigenvalue weighted by Gasteiger charge is -2.22. The van der Waals surface area contributed by atoms with Crippen molar-refractivity contribution in [3.05, 3.63) is 53.6 Å². The first-order chi connectivity index (χ1) is 14.3. The SMILES string of the molecule is COc1ccc(C(=O)N(C)CCN2CCCC2)cc1S(=O)(=O)Nc1ccc(C)cc1. The predicted molar refractivity (Wildman–Crippen MR) is 118 cm³/mol. The molecule has 1 N–H and O–H groups in total. The number of hydrogen-bond acceptors (Lipinski definition) is 5. The molecular formula is C22H29N3O4S. The second-order valence-corrected chi connectivity index (χ2v) is 9.26. The summed E-state index contributed by atoms with van der Waals surface area (Å²) in [6.45, 7) is 5.47. The second-order valence-electron chi connectivity index (χ2n) is 7.61. The summed E-state index contributed by atoms with van der Waals surface area (Å²) >= 11 is 0. The van der Waals surface area contributed by atoms with E-state index in [1.807, 2.05) is 19.1 Å². The number of carbonyl (C=O) groups is 1. The highest BCUT2D eigenvalue weighted by Crippen LogP contribution is 2.27. The molecule has 2 aromatic carbocycles. The Morgan fingerprint density at radius 1 is 1.13 bits per heavy atom. The lowest BCUT2D eigenvalue weighted by atomic mass is 10.2. The van der Waals surface area contributed by atoms with Gasteiger partial charge in [0.15, 0.2) is 0 Å². The number of likely N-dealkylation sites (tertiary alicyclic amines) is 1. The minimum atomic E-state index is -3.93. The molecule has 1 saturated heterocycles. The third-order valence-electron chi connectivity index (χ3n) is 5.30. The quantitative estimate of drug-likeness (QED) is 0.695. The molecule has 162 valence electrons. The van der Waals surface area contributed by atoms with E-state index in [0.717, 1.165) is 25.2 Å². The van der Waals surface area contributed by atoms with Crippen LogP contribution in [0, 0.1) is 6.92 Å². The monoisotopic (exact) mass is 431 g/mol. The zero-order chi connectivity index (χ0) is 21.7. The smallest absolute Gasteiger partial charge is 0.265 e. The first-order valence-electron chi connectivity index (χ1n) is 10.1. The molecule has 1 amide bonds. The Morgan fingerprint density at radius 2 is 1.80 bits per heavy atom. The Bertz CT molecular complexity index is 984. The van der Waals surface area contributed by atoms with E-state index < -0.39 is 10.0 Å². The summed E-state index contributed by atoms with van der Waals surface area (Å²) in [5.41, 5.74) is 1.78. The average Bonchev–Trinajstić information content (AvgIpc) is 3.26. The van der Waals surface area contributed by atoms with Crippen molar-refractivity contribution in [3.8, 4) is 5.75 Å². The molecule has 1 aliphatic heterocycles. The van der Waals surface area contributed by atoms with Gasteiger partial charge >= 0.3 is 0 Å². The van der Waals surface area contributed by atoms with E-state index >= 15 is 0 Å². The summed E-state index contributed by atoms with van der Waals surface area (Å²) in [5.74, 6) is -0.0329. The maximum atomic E-state index is 13.0. The summed E-state index contributed by atoms with van der Waals surface area (Å²) in [5, 5.41) is 0. The third kappa shape index (κ3) is 5.31. The fraction of sp³-hybridized carbons (Fsp3) is 0.409. The Hall–Kier alpha value is -2.58. The summed E-state index contributed by atoms with van der Waals surface area (Å²) < 4.78 is 33.8. The number of likely N-dealkylation sites (N-methyl/N-ethyl adjacent to an activating group) is 1. The maximum absolute atomic E-state index is 13.0. The van der Waals surface area contributed by atoms with E-state index in [9.17, 15) is 13.2 Å². The van der Waals surface area contributed by atoms with E-state index in [4.69, 9.17) is 4.74 Å². The van der Waals surface area contributed by atoms with Crippen molar-refractivity contribution in [1.29, 1.82) is 0 Å². The van der Waals surface area contributed by atoms with E-state index in [1.54, 1.807) is 30.1 Å². The van der Waals surface area contributed by atoms with Crippen LogP contribution >= 0.6 is 0 Å². The van der Waals surface area contributed by atoms with Gasteiger partial charge in [-0.25, -0.2) is 8.42 Å². The van der Waals surface area contributed by atoms with Crippen LogP contribution in [0.25, 0.3) is 0 Å². The van der Waals surface area contributed by atoms with Crippen LogP contribution in [0.4, 0.5) is 5.69 Å². The van der Waals surface area contributed by atoms with Crippen molar-refractivity contribution in [1.82, 2.24) is 9.80 Å². The van der Waals surface area contributed by atoms with Crippen molar-refractivity contribution >= 4 is 21.6 Å². The number of carbonyl (C=O) groups excluding carboxylic acids is 1. The predicted octanol–water partition coefficient (Wildman–Crippen LogP) is 2.97. The second kappa shape index (κ2) is 9.49. The van der Waals surface area contributed by atoms with Crippen molar-refractivity contribution < 1.29 is 17.9 Å². The van der Waals surface area contributed by atoms with Crippen LogP contribution < -0.4 is 9.46 Å². The van der Waals surface area contributed by atoms with E-state index in [1.165, 1.54) is 32.1 Å². The van der Waals surface area contributed by atoms with Gasteiger partial charge < -0.3 is 14.5 Å². The first-order valence-corrected chi connectivity index (χ1v) is 11.5. The van der Waals surface area contributed by atoms with Crippen LogP contribution in [-0.2, 0) is 10.0 Å². The van der Waals surface area contributed by atoms with Crippen molar-refractivity contribution in [2.45, 2.75) is 24.7 Å². The van der Waals surface area contributed by atoms with Crippen molar-refractivity contribution in [2.24, 2.45) is 0 Å². The number of rotatable bonds is 8. The number of amides is 1. The Morgan fingerprint density at radius 3 is 2.43 bits per heavy atom.